The maximum Gasteiger partial charge on any atom is 0.207 e. The molecule has 1 atom stereocenters. The van der Waals surface area contributed by atoms with Crippen LogP contribution in [0.15, 0.2) is 30.6 Å². The second kappa shape index (κ2) is 6.43. The summed E-state index contributed by atoms with van der Waals surface area (Å²) >= 11 is 0. The van der Waals surface area contributed by atoms with Crippen molar-refractivity contribution in [2.24, 2.45) is 0 Å². The first-order valence-electron chi connectivity index (χ1n) is 6.59. The lowest BCUT2D eigenvalue weighted by atomic mass is 10.2. The van der Waals surface area contributed by atoms with E-state index in [4.69, 9.17) is 9.47 Å². The summed E-state index contributed by atoms with van der Waals surface area (Å²) in [6.45, 7) is 4.72. The van der Waals surface area contributed by atoms with E-state index in [0.29, 0.717) is 6.61 Å². The maximum atomic E-state index is 5.29. The van der Waals surface area contributed by atoms with Gasteiger partial charge in [0.1, 0.15) is 5.75 Å². The molecule has 1 heterocycles. The van der Waals surface area contributed by atoms with Crippen molar-refractivity contribution >= 4 is 5.95 Å². The number of aryl methyl sites for hydroxylation is 1. The Morgan fingerprint density at radius 1 is 1.35 bits per heavy atom. The number of rotatable bonds is 6. The van der Waals surface area contributed by atoms with Crippen LogP contribution in [0.3, 0.4) is 0 Å². The second-order valence-electron chi connectivity index (χ2n) is 4.78. The van der Waals surface area contributed by atoms with Crippen molar-refractivity contribution in [1.29, 1.82) is 0 Å². The zero-order valence-corrected chi connectivity index (χ0v) is 12.4. The molecule has 0 saturated carbocycles. The number of imidazole rings is 1. The molecule has 1 aromatic carbocycles. The molecule has 5 heteroatoms. The predicted molar refractivity (Wildman–Crippen MR) is 79.8 cm³/mol. The zero-order chi connectivity index (χ0) is 14.5. The van der Waals surface area contributed by atoms with E-state index in [1.165, 1.54) is 0 Å². The Kier molecular flexibility index (Phi) is 4.63. The van der Waals surface area contributed by atoms with Crippen LogP contribution in [0.25, 0.3) is 5.69 Å². The van der Waals surface area contributed by atoms with E-state index in [2.05, 4.69) is 23.3 Å². The van der Waals surface area contributed by atoms with E-state index in [9.17, 15) is 0 Å². The van der Waals surface area contributed by atoms with Gasteiger partial charge in [-0.1, -0.05) is 0 Å². The fraction of sp³-hybridized carbons (Fsp3) is 0.400. The van der Waals surface area contributed by atoms with Gasteiger partial charge in [-0.05, 0) is 37.6 Å². The molecule has 2 aromatic rings. The molecule has 1 aromatic heterocycles. The molecule has 0 aliphatic rings. The molecule has 2 rings (SSSR count). The normalized spacial score (nSPS) is 12.2. The Balaban J connectivity index is 2.25. The summed E-state index contributed by atoms with van der Waals surface area (Å²) in [6, 6.07) is 6.25. The fourth-order valence-electron chi connectivity index (χ4n) is 2.14. The number of nitrogens with one attached hydrogen (secondary N) is 1. The number of hydrogen-bond acceptors (Lipinski definition) is 4. The van der Waals surface area contributed by atoms with Crippen molar-refractivity contribution in [3.63, 3.8) is 0 Å². The van der Waals surface area contributed by atoms with Crippen molar-refractivity contribution in [2.45, 2.75) is 19.9 Å². The summed E-state index contributed by atoms with van der Waals surface area (Å²) in [4.78, 5) is 4.35. The molecular weight excluding hydrogens is 254 g/mol. The number of anilines is 1. The highest BCUT2D eigenvalue weighted by Gasteiger charge is 2.09. The Morgan fingerprint density at radius 2 is 2.15 bits per heavy atom. The molecule has 0 aliphatic heterocycles. The lowest BCUT2D eigenvalue weighted by Gasteiger charge is -2.16. The van der Waals surface area contributed by atoms with E-state index in [1.807, 2.05) is 29.8 Å². The first-order valence-corrected chi connectivity index (χ1v) is 6.59. The molecule has 0 fully saturated rings. The van der Waals surface area contributed by atoms with Crippen LogP contribution < -0.4 is 10.1 Å². The van der Waals surface area contributed by atoms with E-state index < -0.39 is 0 Å². The molecule has 0 spiro atoms. The maximum absolute atomic E-state index is 5.29. The molecule has 1 N–H and O–H groups in total. The lowest BCUT2D eigenvalue weighted by molar-refractivity contribution is 0.190. The van der Waals surface area contributed by atoms with Crippen molar-refractivity contribution in [3.8, 4) is 11.4 Å². The largest absolute Gasteiger partial charge is 0.496 e. The molecule has 5 nitrogen and oxygen atoms in total. The van der Waals surface area contributed by atoms with Gasteiger partial charge < -0.3 is 14.8 Å². The van der Waals surface area contributed by atoms with Crippen LogP contribution in [0.2, 0.25) is 0 Å². The highest BCUT2D eigenvalue weighted by Crippen LogP contribution is 2.23. The standard InChI is InChI=1S/C15H21N3O2/c1-11-9-13(5-6-14(11)20-4)18-8-7-16-15(18)17-12(2)10-19-3/h5-9,12H,10H2,1-4H3,(H,16,17). The second-order valence-corrected chi connectivity index (χ2v) is 4.78. The highest BCUT2D eigenvalue weighted by molar-refractivity contribution is 5.48. The summed E-state index contributed by atoms with van der Waals surface area (Å²) in [6.07, 6.45) is 3.71. The van der Waals surface area contributed by atoms with E-state index in [1.54, 1.807) is 20.4 Å². The van der Waals surface area contributed by atoms with Crippen LogP contribution >= 0.6 is 0 Å². The van der Waals surface area contributed by atoms with Crippen LogP contribution in [0.1, 0.15) is 12.5 Å². The average molecular weight is 275 g/mol. The molecular formula is C15H21N3O2. The van der Waals surface area contributed by atoms with Gasteiger partial charge in [0, 0.05) is 31.2 Å². The van der Waals surface area contributed by atoms with Gasteiger partial charge in [0.05, 0.1) is 13.7 Å². The van der Waals surface area contributed by atoms with Gasteiger partial charge in [-0.15, -0.1) is 0 Å². The molecule has 108 valence electrons. The summed E-state index contributed by atoms with van der Waals surface area (Å²) in [5.41, 5.74) is 2.14. The number of nitrogens with zero attached hydrogens (tertiary/aromatic N) is 2. The lowest BCUT2D eigenvalue weighted by Crippen LogP contribution is -2.22. The Bertz CT molecular complexity index is 566. The summed E-state index contributed by atoms with van der Waals surface area (Å²) < 4.78 is 12.4. The third-order valence-corrected chi connectivity index (χ3v) is 3.09. The highest BCUT2D eigenvalue weighted by atomic mass is 16.5. The van der Waals surface area contributed by atoms with Crippen LogP contribution in [0.5, 0.6) is 5.75 Å². The zero-order valence-electron chi connectivity index (χ0n) is 12.4. The Hall–Kier alpha value is -2.01. The molecule has 0 radical (unpaired) electrons. The van der Waals surface area contributed by atoms with Gasteiger partial charge in [-0.25, -0.2) is 4.98 Å². The molecule has 0 aliphatic carbocycles. The first kappa shape index (κ1) is 14.4. The van der Waals surface area contributed by atoms with Crippen molar-refractivity contribution < 1.29 is 9.47 Å². The molecule has 1 unspecified atom stereocenters. The monoisotopic (exact) mass is 275 g/mol. The third kappa shape index (κ3) is 3.11. The Labute approximate surface area is 119 Å². The number of benzene rings is 1. The minimum Gasteiger partial charge on any atom is -0.496 e. The van der Waals surface area contributed by atoms with Crippen LogP contribution in [-0.4, -0.2) is 36.4 Å². The topological polar surface area (TPSA) is 48.3 Å². The van der Waals surface area contributed by atoms with Crippen LogP contribution in [0, 0.1) is 6.92 Å². The van der Waals surface area contributed by atoms with Gasteiger partial charge >= 0.3 is 0 Å². The van der Waals surface area contributed by atoms with Crippen LogP contribution in [0.4, 0.5) is 5.95 Å². The van der Waals surface area contributed by atoms with Gasteiger partial charge in [0.15, 0.2) is 0 Å². The molecule has 20 heavy (non-hydrogen) atoms. The average Bonchev–Trinajstić information content (AvgIpc) is 2.87. The van der Waals surface area contributed by atoms with Crippen molar-refractivity contribution in [2.75, 3.05) is 26.1 Å². The smallest absolute Gasteiger partial charge is 0.207 e. The Morgan fingerprint density at radius 3 is 2.80 bits per heavy atom. The van der Waals surface area contributed by atoms with E-state index in [0.717, 1.165) is 22.9 Å². The molecule has 0 amide bonds. The molecule has 0 bridgehead atoms. The molecule has 0 saturated heterocycles. The number of aromatic nitrogens is 2. The van der Waals surface area contributed by atoms with E-state index in [-0.39, 0.29) is 6.04 Å². The summed E-state index contributed by atoms with van der Waals surface area (Å²) in [7, 11) is 3.37. The minimum absolute atomic E-state index is 0.195. The summed E-state index contributed by atoms with van der Waals surface area (Å²) in [5.74, 6) is 1.69. The predicted octanol–water partition coefficient (Wildman–Crippen LogP) is 2.64. The van der Waals surface area contributed by atoms with Gasteiger partial charge in [-0.2, -0.15) is 0 Å². The number of hydrogen-bond donors (Lipinski definition) is 1. The van der Waals surface area contributed by atoms with Crippen molar-refractivity contribution in [3.05, 3.63) is 36.2 Å². The van der Waals surface area contributed by atoms with Gasteiger partial charge in [0.25, 0.3) is 0 Å². The van der Waals surface area contributed by atoms with Gasteiger partial charge in [-0.3, -0.25) is 4.57 Å². The SMILES string of the molecule is COCC(C)Nc1nccn1-c1ccc(OC)c(C)c1. The van der Waals surface area contributed by atoms with Gasteiger partial charge in [0.2, 0.25) is 5.95 Å². The quantitative estimate of drug-likeness (QED) is 0.880. The van der Waals surface area contributed by atoms with Crippen molar-refractivity contribution in [1.82, 2.24) is 9.55 Å². The van der Waals surface area contributed by atoms with E-state index >= 15 is 0 Å². The number of ether oxygens (including phenoxy) is 2. The number of methoxy groups -OCH3 is 2. The third-order valence-electron chi connectivity index (χ3n) is 3.09. The summed E-state index contributed by atoms with van der Waals surface area (Å²) in [5, 5.41) is 3.33. The fourth-order valence-corrected chi connectivity index (χ4v) is 2.14. The minimum atomic E-state index is 0.195. The van der Waals surface area contributed by atoms with Crippen LogP contribution in [-0.2, 0) is 4.74 Å². The first-order chi connectivity index (χ1) is 9.65.